The second kappa shape index (κ2) is 7.96. The Morgan fingerprint density at radius 1 is 1.09 bits per heavy atom. The molecule has 1 atom stereocenters. The number of rotatable bonds is 4. The third-order valence-corrected chi connectivity index (χ3v) is 5.96. The molecule has 0 saturated heterocycles. The van der Waals surface area contributed by atoms with E-state index in [2.05, 4.69) is 0 Å². The summed E-state index contributed by atoms with van der Waals surface area (Å²) >= 11 is 6.29. The molecule has 0 aliphatic carbocycles. The topological polar surface area (TPSA) is 103 Å². The van der Waals surface area contributed by atoms with E-state index in [1.54, 1.807) is 12.1 Å². The van der Waals surface area contributed by atoms with Crippen LogP contribution in [0.2, 0.25) is 5.02 Å². The molecule has 34 heavy (non-hydrogen) atoms. The van der Waals surface area contributed by atoms with Gasteiger partial charge in [-0.1, -0.05) is 11.6 Å². The van der Waals surface area contributed by atoms with Crippen LogP contribution in [0.4, 0.5) is 15.8 Å². The monoisotopic (exact) mass is 480 g/mol. The number of carbonyl (C=O) groups excluding carboxylic acids is 1. The van der Waals surface area contributed by atoms with Crippen LogP contribution in [0, 0.1) is 15.9 Å². The molecule has 0 saturated carbocycles. The zero-order chi connectivity index (χ0) is 24.1. The number of carbonyl (C=O) groups is 1. The molecule has 10 heteroatoms. The Balaban J connectivity index is 1.78. The number of hydrogen-bond acceptors (Lipinski definition) is 6. The number of ether oxygens (including phenoxy) is 1. The van der Waals surface area contributed by atoms with E-state index in [4.69, 9.17) is 20.8 Å². The van der Waals surface area contributed by atoms with Gasteiger partial charge in [-0.25, -0.2) is 4.39 Å². The first-order valence-electron chi connectivity index (χ1n) is 9.98. The Bertz CT molecular complexity index is 1550. The molecule has 1 amide bonds. The van der Waals surface area contributed by atoms with E-state index >= 15 is 0 Å². The first-order valence-corrected chi connectivity index (χ1v) is 10.4. The van der Waals surface area contributed by atoms with Crippen molar-refractivity contribution in [1.29, 1.82) is 0 Å². The Labute approximate surface area is 195 Å². The number of benzene rings is 3. The summed E-state index contributed by atoms with van der Waals surface area (Å²) in [4.78, 5) is 38.9. The lowest BCUT2D eigenvalue weighted by molar-refractivity contribution is -0.384. The van der Waals surface area contributed by atoms with Crippen molar-refractivity contribution in [3.63, 3.8) is 0 Å². The summed E-state index contributed by atoms with van der Waals surface area (Å²) in [5, 5.41) is 11.3. The fourth-order valence-corrected chi connectivity index (χ4v) is 4.36. The number of nitro benzene ring substituents is 1. The quantitative estimate of drug-likeness (QED) is 0.292. The van der Waals surface area contributed by atoms with Gasteiger partial charge in [-0.3, -0.25) is 24.6 Å². The summed E-state index contributed by atoms with van der Waals surface area (Å²) in [6.07, 6.45) is 0. The van der Waals surface area contributed by atoms with Gasteiger partial charge < -0.3 is 9.15 Å². The van der Waals surface area contributed by atoms with Crippen molar-refractivity contribution in [2.24, 2.45) is 0 Å². The van der Waals surface area contributed by atoms with Crippen molar-refractivity contribution in [2.75, 3.05) is 12.0 Å². The highest BCUT2D eigenvalue weighted by molar-refractivity contribution is 6.32. The van der Waals surface area contributed by atoms with Crippen molar-refractivity contribution in [3.8, 4) is 5.75 Å². The first kappa shape index (κ1) is 21.6. The maximum atomic E-state index is 13.9. The smallest absolute Gasteiger partial charge is 0.295 e. The van der Waals surface area contributed by atoms with E-state index in [0.717, 1.165) is 12.1 Å². The minimum Gasteiger partial charge on any atom is -0.495 e. The predicted molar refractivity (Wildman–Crippen MR) is 122 cm³/mol. The zero-order valence-corrected chi connectivity index (χ0v) is 18.2. The molecule has 0 bridgehead atoms. The molecule has 1 aromatic heterocycles. The molecule has 170 valence electrons. The zero-order valence-electron chi connectivity index (χ0n) is 17.5. The summed E-state index contributed by atoms with van der Waals surface area (Å²) in [6, 6.07) is 12.6. The third kappa shape index (κ3) is 3.29. The minimum absolute atomic E-state index is 0.00361. The minimum atomic E-state index is -0.989. The van der Waals surface area contributed by atoms with E-state index in [0.29, 0.717) is 17.0 Å². The van der Waals surface area contributed by atoms with Gasteiger partial charge in [0.05, 0.1) is 34.0 Å². The molecular formula is C24H14ClFN2O6. The SMILES string of the molecule is COc1ccc(N2C(=O)c3oc4ccc(F)cc4c(=O)c3C2c2ccc([N+](=O)[O-])cc2)cc1Cl. The van der Waals surface area contributed by atoms with Crippen molar-refractivity contribution < 1.29 is 23.3 Å². The summed E-state index contributed by atoms with van der Waals surface area (Å²) in [5.41, 5.74) is 0.113. The Hall–Kier alpha value is -4.24. The van der Waals surface area contributed by atoms with Crippen molar-refractivity contribution in [2.45, 2.75) is 6.04 Å². The van der Waals surface area contributed by atoms with Gasteiger partial charge in [-0.05, 0) is 54.1 Å². The maximum Gasteiger partial charge on any atom is 0.295 e. The number of amides is 1. The van der Waals surface area contributed by atoms with E-state index in [-0.39, 0.29) is 33.0 Å². The Morgan fingerprint density at radius 3 is 2.47 bits per heavy atom. The molecule has 0 N–H and O–H groups in total. The van der Waals surface area contributed by atoms with E-state index in [1.807, 2.05) is 0 Å². The van der Waals surface area contributed by atoms with Crippen molar-refractivity contribution in [1.82, 2.24) is 0 Å². The Morgan fingerprint density at radius 2 is 1.82 bits per heavy atom. The molecule has 5 rings (SSSR count). The van der Waals surface area contributed by atoms with Crippen LogP contribution in [-0.2, 0) is 0 Å². The van der Waals surface area contributed by atoms with E-state index < -0.39 is 28.1 Å². The fourth-order valence-electron chi connectivity index (χ4n) is 4.11. The van der Waals surface area contributed by atoms with Crippen LogP contribution in [0.25, 0.3) is 11.0 Å². The van der Waals surface area contributed by atoms with Gasteiger partial charge in [0.25, 0.3) is 11.6 Å². The number of anilines is 1. The van der Waals surface area contributed by atoms with Gasteiger partial charge in [0, 0.05) is 17.8 Å². The molecule has 1 unspecified atom stereocenters. The lowest BCUT2D eigenvalue weighted by Crippen LogP contribution is -2.29. The Kier molecular flexibility index (Phi) is 5.06. The van der Waals surface area contributed by atoms with E-state index in [9.17, 15) is 24.1 Å². The first-order chi connectivity index (χ1) is 16.3. The van der Waals surface area contributed by atoms with Crippen molar-refractivity contribution >= 4 is 39.9 Å². The third-order valence-electron chi connectivity index (χ3n) is 5.67. The van der Waals surface area contributed by atoms with Crippen LogP contribution >= 0.6 is 11.6 Å². The normalized spacial score (nSPS) is 15.0. The number of fused-ring (bicyclic) bond motifs is 2. The molecule has 0 spiro atoms. The molecule has 8 nitrogen and oxygen atoms in total. The molecule has 1 aliphatic heterocycles. The maximum absolute atomic E-state index is 13.9. The lowest BCUT2D eigenvalue weighted by atomic mass is 9.98. The molecule has 1 aliphatic rings. The van der Waals surface area contributed by atoms with Gasteiger partial charge in [0.1, 0.15) is 17.1 Å². The largest absolute Gasteiger partial charge is 0.495 e. The standard InChI is InChI=1S/C24H14ClFN2O6/c1-33-19-9-7-15(11-17(19)25)27-21(12-2-5-14(6-3-12)28(31)32)20-22(29)16-10-13(26)4-8-18(16)34-23(20)24(27)30/h2-11,21H,1H3. The van der Waals surface area contributed by atoms with Crippen LogP contribution < -0.4 is 15.1 Å². The van der Waals surface area contributed by atoms with Gasteiger partial charge in [-0.15, -0.1) is 0 Å². The van der Waals surface area contributed by atoms with Gasteiger partial charge in [0.2, 0.25) is 5.76 Å². The molecule has 2 heterocycles. The fraction of sp³-hybridized carbons (Fsp3) is 0.0833. The van der Waals surface area contributed by atoms with E-state index in [1.165, 1.54) is 48.4 Å². The number of methoxy groups -OCH3 is 1. The average molecular weight is 481 g/mol. The summed E-state index contributed by atoms with van der Waals surface area (Å²) < 4.78 is 24.8. The second-order valence-corrected chi connectivity index (χ2v) is 7.97. The summed E-state index contributed by atoms with van der Waals surface area (Å²) in [7, 11) is 1.45. The predicted octanol–water partition coefficient (Wildman–Crippen LogP) is 5.25. The van der Waals surface area contributed by atoms with Crippen LogP contribution in [0.1, 0.15) is 27.7 Å². The number of nitro groups is 1. The lowest BCUT2D eigenvalue weighted by Gasteiger charge is -2.25. The van der Waals surface area contributed by atoms with Gasteiger partial charge in [0.15, 0.2) is 5.43 Å². The molecule has 3 aromatic carbocycles. The molecule has 0 radical (unpaired) electrons. The summed E-state index contributed by atoms with van der Waals surface area (Å²) in [5.74, 6) is -1.05. The van der Waals surface area contributed by atoms with Crippen LogP contribution in [0.15, 0.2) is 69.9 Å². The number of non-ortho nitro benzene ring substituents is 1. The number of halogens is 2. The highest BCUT2D eigenvalue weighted by Crippen LogP contribution is 2.43. The van der Waals surface area contributed by atoms with Crippen LogP contribution in [0.5, 0.6) is 5.75 Å². The average Bonchev–Trinajstić information content (AvgIpc) is 3.12. The molecule has 4 aromatic rings. The highest BCUT2D eigenvalue weighted by atomic mass is 35.5. The van der Waals surface area contributed by atoms with Gasteiger partial charge in [-0.2, -0.15) is 0 Å². The highest BCUT2D eigenvalue weighted by Gasteiger charge is 2.44. The number of hydrogen-bond donors (Lipinski definition) is 0. The molecular weight excluding hydrogens is 467 g/mol. The molecule has 0 fully saturated rings. The second-order valence-electron chi connectivity index (χ2n) is 7.56. The van der Waals surface area contributed by atoms with Crippen molar-refractivity contribution in [3.05, 3.63) is 109 Å². The summed E-state index contributed by atoms with van der Waals surface area (Å²) in [6.45, 7) is 0. The van der Waals surface area contributed by atoms with Gasteiger partial charge >= 0.3 is 0 Å². The number of nitrogens with zero attached hydrogens (tertiary/aromatic N) is 2. The van der Waals surface area contributed by atoms with Crippen LogP contribution in [0.3, 0.4) is 0 Å². The van der Waals surface area contributed by atoms with Crippen LogP contribution in [-0.4, -0.2) is 17.9 Å².